The highest BCUT2D eigenvalue weighted by molar-refractivity contribution is 5.86. The number of likely N-dealkylation sites (tertiary alicyclic amines) is 1. The van der Waals surface area contributed by atoms with Gasteiger partial charge in [-0.3, -0.25) is 9.59 Å². The van der Waals surface area contributed by atoms with Crippen LogP contribution < -0.4 is 0 Å². The summed E-state index contributed by atoms with van der Waals surface area (Å²) >= 11 is 0. The van der Waals surface area contributed by atoms with E-state index in [1.54, 1.807) is 11.8 Å². The minimum atomic E-state index is -0.326. The summed E-state index contributed by atoms with van der Waals surface area (Å²) in [5, 5.41) is 13.5. The predicted octanol–water partition coefficient (Wildman–Crippen LogP) is 5.27. The van der Waals surface area contributed by atoms with E-state index in [1.807, 2.05) is 25.1 Å². The minimum absolute atomic E-state index is 0. The number of rotatable bonds is 7. The van der Waals surface area contributed by atoms with Gasteiger partial charge in [-0.05, 0) is 43.2 Å². The number of carbonyl (C=O) groups is 2. The maximum atomic E-state index is 13.7. The van der Waals surface area contributed by atoms with E-state index in [0.717, 1.165) is 42.0 Å². The molecule has 0 unspecified atom stereocenters. The average molecular weight is 540 g/mol. The number of nitrogens with zero attached hydrogens (tertiary/aromatic N) is 5. The van der Waals surface area contributed by atoms with Crippen LogP contribution in [-0.4, -0.2) is 49.6 Å². The van der Waals surface area contributed by atoms with Crippen LogP contribution in [0.4, 0.5) is 0 Å². The zero-order valence-corrected chi connectivity index (χ0v) is 24.0. The number of benzene rings is 1. The highest BCUT2D eigenvalue weighted by Crippen LogP contribution is 2.43. The average Bonchev–Trinajstić information content (AvgIpc) is 3.19. The van der Waals surface area contributed by atoms with Crippen molar-refractivity contribution in [2.45, 2.75) is 79.2 Å². The Morgan fingerprint density at radius 3 is 2.45 bits per heavy atom. The highest BCUT2D eigenvalue weighted by Gasteiger charge is 2.44. The molecule has 1 amide bonds. The molecular weight excluding hydrogens is 502 g/mol. The van der Waals surface area contributed by atoms with Gasteiger partial charge in [0.1, 0.15) is 17.4 Å². The number of carbonyl (C=O) groups excluding carboxylic acids is 2. The molecule has 1 aliphatic heterocycles. The first-order chi connectivity index (χ1) is 17.5. The van der Waals surface area contributed by atoms with Gasteiger partial charge in [-0.15, -0.1) is 22.6 Å². The molecule has 0 radical (unpaired) electrons. The number of hydrogen-bond acceptors (Lipinski definition) is 6. The maximum Gasteiger partial charge on any atom is 0.219 e. The first kappa shape index (κ1) is 28.0. The molecule has 1 saturated heterocycles. The zero-order valence-electron chi connectivity index (χ0n) is 23.2. The normalized spacial score (nSPS) is 19.5. The molecule has 2 aliphatic rings. The number of halogens is 1. The van der Waals surface area contributed by atoms with Crippen LogP contribution in [0.2, 0.25) is 0 Å². The van der Waals surface area contributed by atoms with E-state index in [2.05, 4.69) is 53.7 Å². The third kappa shape index (κ3) is 5.85. The van der Waals surface area contributed by atoms with E-state index < -0.39 is 0 Å². The number of ketones is 1. The van der Waals surface area contributed by atoms with Crippen LogP contribution in [0.1, 0.15) is 80.8 Å². The standard InChI is InChI=1S/C29H37N5O3.ClH/c1-17-7-8-20(18(2)11-17)12-26(36)23-15-33(19(3)35)16-24(23)27-30-31-28(34(27)21-9-10-21)25-13-22(37-32-25)14-29(4,5)6;/h7-8,11,13,21,23-24H,9-10,12,14-16H2,1-6H3;1H/t23-,24-;/m0./s1. The van der Waals surface area contributed by atoms with E-state index in [4.69, 9.17) is 4.52 Å². The first-order valence-corrected chi connectivity index (χ1v) is 13.3. The number of aryl methyl sites for hydroxylation is 2. The molecule has 38 heavy (non-hydrogen) atoms. The molecule has 0 spiro atoms. The summed E-state index contributed by atoms with van der Waals surface area (Å²) in [6, 6.07) is 8.44. The molecule has 5 rings (SSSR count). The molecule has 2 aromatic heterocycles. The van der Waals surface area contributed by atoms with Crippen molar-refractivity contribution in [3.8, 4) is 11.5 Å². The Kier molecular flexibility index (Phi) is 7.84. The van der Waals surface area contributed by atoms with Gasteiger partial charge in [-0.2, -0.15) is 0 Å². The lowest BCUT2D eigenvalue weighted by atomic mass is 9.87. The van der Waals surface area contributed by atoms with Crippen molar-refractivity contribution in [2.24, 2.45) is 11.3 Å². The van der Waals surface area contributed by atoms with Gasteiger partial charge in [-0.25, -0.2) is 0 Å². The Labute approximate surface area is 230 Å². The lowest BCUT2D eigenvalue weighted by molar-refractivity contribution is -0.128. The highest BCUT2D eigenvalue weighted by atomic mass is 35.5. The fourth-order valence-electron chi connectivity index (χ4n) is 5.46. The van der Waals surface area contributed by atoms with Crippen molar-refractivity contribution >= 4 is 24.1 Å². The fraction of sp³-hybridized carbons (Fsp3) is 0.552. The van der Waals surface area contributed by atoms with Crippen LogP contribution in [0.3, 0.4) is 0 Å². The van der Waals surface area contributed by atoms with Gasteiger partial charge in [0.2, 0.25) is 5.91 Å². The second kappa shape index (κ2) is 10.6. The number of Topliss-reactive ketones (excluding diaryl/α,β-unsaturated/α-hetero) is 1. The van der Waals surface area contributed by atoms with Gasteiger partial charge in [0.15, 0.2) is 11.5 Å². The fourth-order valence-corrected chi connectivity index (χ4v) is 5.46. The van der Waals surface area contributed by atoms with Crippen molar-refractivity contribution in [1.82, 2.24) is 24.8 Å². The molecule has 1 aromatic carbocycles. The van der Waals surface area contributed by atoms with E-state index in [1.165, 1.54) is 5.56 Å². The molecule has 0 bridgehead atoms. The van der Waals surface area contributed by atoms with Crippen LogP contribution in [0.5, 0.6) is 0 Å². The summed E-state index contributed by atoms with van der Waals surface area (Å²) in [6.45, 7) is 13.0. The molecule has 3 aromatic rings. The lowest BCUT2D eigenvalue weighted by Gasteiger charge is -2.18. The van der Waals surface area contributed by atoms with Gasteiger partial charge >= 0.3 is 0 Å². The Balaban J connectivity index is 0.00000336. The summed E-state index contributed by atoms with van der Waals surface area (Å²) in [4.78, 5) is 27.8. The van der Waals surface area contributed by atoms with Crippen LogP contribution in [0.25, 0.3) is 11.5 Å². The van der Waals surface area contributed by atoms with Gasteiger partial charge < -0.3 is 14.0 Å². The third-order valence-corrected chi connectivity index (χ3v) is 7.50. The predicted molar refractivity (Wildman–Crippen MR) is 147 cm³/mol. The topological polar surface area (TPSA) is 94.1 Å². The molecule has 1 saturated carbocycles. The van der Waals surface area contributed by atoms with E-state index in [0.29, 0.717) is 31.0 Å². The zero-order chi connectivity index (χ0) is 26.5. The van der Waals surface area contributed by atoms with Crippen molar-refractivity contribution in [3.05, 3.63) is 52.5 Å². The molecular formula is C29H38ClN5O3. The first-order valence-electron chi connectivity index (χ1n) is 13.3. The van der Waals surface area contributed by atoms with Crippen molar-refractivity contribution < 1.29 is 14.1 Å². The summed E-state index contributed by atoms with van der Waals surface area (Å²) in [7, 11) is 0. The van der Waals surface area contributed by atoms with E-state index in [-0.39, 0.29) is 47.4 Å². The molecule has 9 heteroatoms. The largest absolute Gasteiger partial charge is 0.361 e. The molecule has 1 aliphatic carbocycles. The summed E-state index contributed by atoms with van der Waals surface area (Å²) < 4.78 is 7.80. The molecule has 0 N–H and O–H groups in total. The van der Waals surface area contributed by atoms with Gasteiger partial charge in [0, 0.05) is 56.8 Å². The molecule has 2 atom stereocenters. The van der Waals surface area contributed by atoms with Gasteiger partial charge in [-0.1, -0.05) is 49.7 Å². The molecule has 8 nitrogen and oxygen atoms in total. The maximum absolute atomic E-state index is 13.7. The van der Waals surface area contributed by atoms with Crippen molar-refractivity contribution in [2.75, 3.05) is 13.1 Å². The quantitative estimate of drug-likeness (QED) is 0.406. The molecule has 204 valence electrons. The number of hydrogen-bond donors (Lipinski definition) is 0. The van der Waals surface area contributed by atoms with Crippen LogP contribution in [0, 0.1) is 25.2 Å². The van der Waals surface area contributed by atoms with Gasteiger partial charge in [0.25, 0.3) is 0 Å². The van der Waals surface area contributed by atoms with Crippen LogP contribution in [0.15, 0.2) is 28.8 Å². The second-order valence-corrected chi connectivity index (χ2v) is 12.1. The smallest absolute Gasteiger partial charge is 0.219 e. The number of amides is 1. The van der Waals surface area contributed by atoms with Crippen molar-refractivity contribution in [1.29, 1.82) is 0 Å². The number of aromatic nitrogens is 4. The Hall–Kier alpha value is -3.00. The lowest BCUT2D eigenvalue weighted by Crippen LogP contribution is -2.28. The van der Waals surface area contributed by atoms with E-state index >= 15 is 0 Å². The van der Waals surface area contributed by atoms with Crippen LogP contribution in [-0.2, 0) is 22.4 Å². The summed E-state index contributed by atoms with van der Waals surface area (Å²) in [6.07, 6.45) is 3.20. The van der Waals surface area contributed by atoms with Crippen LogP contribution >= 0.6 is 12.4 Å². The molecule has 3 heterocycles. The Morgan fingerprint density at radius 2 is 1.82 bits per heavy atom. The second-order valence-electron chi connectivity index (χ2n) is 12.1. The minimum Gasteiger partial charge on any atom is -0.361 e. The summed E-state index contributed by atoms with van der Waals surface area (Å²) in [5.41, 5.74) is 4.08. The summed E-state index contributed by atoms with van der Waals surface area (Å²) in [5.74, 6) is 1.87. The molecule has 2 fully saturated rings. The van der Waals surface area contributed by atoms with Crippen molar-refractivity contribution in [3.63, 3.8) is 0 Å². The monoisotopic (exact) mass is 539 g/mol. The Morgan fingerprint density at radius 1 is 1.08 bits per heavy atom. The SMILES string of the molecule is CC(=O)N1C[C@H](C(=O)Cc2ccc(C)cc2C)[C@@H](c2nnc(-c3cc(CC(C)(C)C)on3)n2C2CC2)C1.Cl. The third-order valence-electron chi connectivity index (χ3n) is 7.50. The van der Waals surface area contributed by atoms with E-state index in [9.17, 15) is 9.59 Å². The van der Waals surface area contributed by atoms with Gasteiger partial charge in [0.05, 0.1) is 0 Å². The Bertz CT molecular complexity index is 1330.